The van der Waals surface area contributed by atoms with Gasteiger partial charge >= 0.3 is 0 Å². The van der Waals surface area contributed by atoms with Gasteiger partial charge in [0.05, 0.1) is 0 Å². The zero-order valence-corrected chi connectivity index (χ0v) is 18.8. The van der Waals surface area contributed by atoms with Crippen molar-refractivity contribution in [2.24, 2.45) is 11.8 Å². The molecular weight excluding hydrogens is 360 g/mol. The molecule has 0 spiro atoms. The minimum atomic E-state index is 0.657. The quantitative estimate of drug-likeness (QED) is 0.195. The zero-order valence-electron chi connectivity index (χ0n) is 18.8. The highest BCUT2D eigenvalue weighted by Crippen LogP contribution is 2.30. The van der Waals surface area contributed by atoms with Crippen LogP contribution in [-0.2, 0) is 12.8 Å². The first-order valence-electron chi connectivity index (χ1n) is 11.7. The molecule has 0 N–H and O–H groups in total. The molecular formula is C30H40. The molecule has 0 amide bonds. The second kappa shape index (κ2) is 13.8. The number of rotatable bonds is 16. The van der Waals surface area contributed by atoms with Gasteiger partial charge in [0.25, 0.3) is 0 Å². The van der Waals surface area contributed by atoms with Crippen molar-refractivity contribution < 1.29 is 0 Å². The van der Waals surface area contributed by atoms with Gasteiger partial charge in [-0.15, -0.1) is 26.3 Å². The molecule has 0 radical (unpaired) electrons. The van der Waals surface area contributed by atoms with E-state index in [9.17, 15) is 0 Å². The van der Waals surface area contributed by atoms with Crippen LogP contribution in [0.15, 0.2) is 87.0 Å². The molecule has 0 aliphatic heterocycles. The van der Waals surface area contributed by atoms with Gasteiger partial charge in [0.2, 0.25) is 0 Å². The molecule has 2 rings (SSSR count). The van der Waals surface area contributed by atoms with E-state index in [4.69, 9.17) is 0 Å². The molecule has 2 aromatic carbocycles. The smallest absolute Gasteiger partial charge is 0.0149 e. The third-order valence-corrected chi connectivity index (χ3v) is 6.16. The van der Waals surface area contributed by atoms with Crippen molar-refractivity contribution in [2.75, 3.05) is 0 Å². The average molecular weight is 401 g/mol. The Bertz CT molecular complexity index is 741. The van der Waals surface area contributed by atoms with E-state index in [2.05, 4.69) is 74.9 Å². The third-order valence-electron chi connectivity index (χ3n) is 6.16. The maximum Gasteiger partial charge on any atom is -0.0149 e. The second-order valence-corrected chi connectivity index (χ2v) is 8.56. The summed E-state index contributed by atoms with van der Waals surface area (Å²) in [6.07, 6.45) is 19.7. The summed E-state index contributed by atoms with van der Waals surface area (Å²) in [5, 5.41) is 2.85. The Kier molecular flexibility index (Phi) is 11.0. The molecule has 0 heterocycles. The molecule has 0 aromatic heterocycles. The van der Waals surface area contributed by atoms with Gasteiger partial charge in [-0.2, -0.15) is 0 Å². The number of hydrogen-bond acceptors (Lipinski definition) is 0. The lowest BCUT2D eigenvalue weighted by molar-refractivity contribution is 0.473. The highest BCUT2D eigenvalue weighted by atomic mass is 14.2. The van der Waals surface area contributed by atoms with E-state index >= 15 is 0 Å². The Balaban J connectivity index is 2.23. The van der Waals surface area contributed by atoms with Gasteiger partial charge in [-0.1, -0.05) is 60.7 Å². The van der Waals surface area contributed by atoms with E-state index in [-0.39, 0.29) is 0 Å². The fourth-order valence-electron chi connectivity index (χ4n) is 4.60. The van der Waals surface area contributed by atoms with Crippen LogP contribution in [-0.4, -0.2) is 0 Å². The van der Waals surface area contributed by atoms with Gasteiger partial charge in [-0.25, -0.2) is 0 Å². The molecule has 0 saturated carbocycles. The lowest BCUT2D eigenvalue weighted by Crippen LogP contribution is -2.06. The van der Waals surface area contributed by atoms with Crippen LogP contribution in [0.3, 0.4) is 0 Å². The van der Waals surface area contributed by atoms with Gasteiger partial charge in [-0.3, -0.25) is 0 Å². The molecule has 0 bridgehead atoms. The average Bonchev–Trinajstić information content (AvgIpc) is 2.75. The van der Waals surface area contributed by atoms with Crippen LogP contribution in [0.2, 0.25) is 0 Å². The first-order valence-corrected chi connectivity index (χ1v) is 11.7. The van der Waals surface area contributed by atoms with E-state index < -0.39 is 0 Å². The summed E-state index contributed by atoms with van der Waals surface area (Å²) in [7, 11) is 0. The van der Waals surface area contributed by atoms with Crippen molar-refractivity contribution in [1.29, 1.82) is 0 Å². The number of benzene rings is 2. The molecule has 2 aromatic rings. The fourth-order valence-corrected chi connectivity index (χ4v) is 4.60. The van der Waals surface area contributed by atoms with Crippen molar-refractivity contribution in [3.8, 4) is 0 Å². The Morgan fingerprint density at radius 2 is 1.03 bits per heavy atom. The summed E-state index contributed by atoms with van der Waals surface area (Å²) in [5.41, 5.74) is 2.96. The topological polar surface area (TPSA) is 0 Å². The molecule has 0 heteroatoms. The van der Waals surface area contributed by atoms with E-state index in [1.165, 1.54) is 47.6 Å². The maximum absolute atomic E-state index is 3.99. The van der Waals surface area contributed by atoms with Crippen LogP contribution in [0, 0.1) is 11.8 Å². The summed E-state index contributed by atoms with van der Waals surface area (Å²) >= 11 is 0. The predicted molar refractivity (Wildman–Crippen MR) is 136 cm³/mol. The van der Waals surface area contributed by atoms with Crippen LogP contribution >= 0.6 is 0 Å². The Morgan fingerprint density at radius 3 is 1.40 bits per heavy atom. The van der Waals surface area contributed by atoms with Crippen molar-refractivity contribution in [1.82, 2.24) is 0 Å². The summed E-state index contributed by atoms with van der Waals surface area (Å²) in [6.45, 7) is 15.7. The number of allylic oxidation sites excluding steroid dienone is 4. The Morgan fingerprint density at radius 1 is 0.600 bits per heavy atom. The van der Waals surface area contributed by atoms with Crippen molar-refractivity contribution in [3.63, 3.8) is 0 Å². The van der Waals surface area contributed by atoms with Crippen molar-refractivity contribution in [2.45, 2.75) is 64.2 Å². The van der Waals surface area contributed by atoms with E-state index in [0.717, 1.165) is 38.5 Å². The Labute approximate surface area is 185 Å². The number of unbranched alkanes of at least 4 members (excludes halogenated alkanes) is 2. The summed E-state index contributed by atoms with van der Waals surface area (Å²) in [6, 6.07) is 13.8. The maximum atomic E-state index is 3.99. The van der Waals surface area contributed by atoms with E-state index in [0.29, 0.717) is 11.8 Å². The molecule has 0 aliphatic rings. The normalized spacial score (nSPS) is 12.9. The summed E-state index contributed by atoms with van der Waals surface area (Å²) < 4.78 is 0. The fraction of sp³-hybridized carbons (Fsp3) is 0.400. The van der Waals surface area contributed by atoms with Gasteiger partial charge in [0.15, 0.2) is 0 Å². The molecule has 2 atom stereocenters. The first kappa shape index (κ1) is 23.9. The molecule has 2 unspecified atom stereocenters. The molecule has 30 heavy (non-hydrogen) atoms. The van der Waals surface area contributed by atoms with E-state index in [1.807, 2.05) is 12.2 Å². The number of fused-ring (bicyclic) bond motifs is 1. The van der Waals surface area contributed by atoms with E-state index in [1.54, 1.807) is 0 Å². The molecule has 0 saturated heterocycles. The van der Waals surface area contributed by atoms with Crippen LogP contribution in [0.4, 0.5) is 0 Å². The molecule has 0 aliphatic carbocycles. The third kappa shape index (κ3) is 7.48. The summed E-state index contributed by atoms with van der Waals surface area (Å²) in [5.74, 6) is 1.31. The molecule has 0 nitrogen and oxygen atoms in total. The number of hydrogen-bond donors (Lipinski definition) is 0. The minimum Gasteiger partial charge on any atom is -0.103 e. The Hall–Kier alpha value is -2.34. The largest absolute Gasteiger partial charge is 0.103 e. The van der Waals surface area contributed by atoms with Gasteiger partial charge in [-0.05, 0) is 97.9 Å². The van der Waals surface area contributed by atoms with Gasteiger partial charge in [0, 0.05) is 0 Å². The SMILES string of the molecule is C=CCCCC(CC=C)Cc1cccc2c(CC(CC=C)CCCC=C)cccc12. The zero-order chi connectivity index (χ0) is 21.6. The minimum absolute atomic E-state index is 0.657. The van der Waals surface area contributed by atoms with Crippen LogP contribution in [0.1, 0.15) is 62.5 Å². The summed E-state index contributed by atoms with van der Waals surface area (Å²) in [4.78, 5) is 0. The predicted octanol–water partition coefficient (Wildman–Crippen LogP) is 9.02. The van der Waals surface area contributed by atoms with Gasteiger partial charge < -0.3 is 0 Å². The monoisotopic (exact) mass is 400 g/mol. The van der Waals surface area contributed by atoms with Crippen LogP contribution in [0.25, 0.3) is 10.8 Å². The van der Waals surface area contributed by atoms with Crippen LogP contribution < -0.4 is 0 Å². The molecule has 160 valence electrons. The standard InChI is InChI=1S/C30H40/c1-5-9-11-17-25(15-7-3)23-27-19-13-22-30-28(20-14-21-29(27)30)24-26(16-8-4)18-12-10-6-2/h5-8,13-14,19-22,25-26H,1-4,9-12,15-18,23-24H2. The highest BCUT2D eigenvalue weighted by molar-refractivity contribution is 5.88. The lowest BCUT2D eigenvalue weighted by Gasteiger charge is -2.19. The molecule has 0 fully saturated rings. The van der Waals surface area contributed by atoms with Crippen molar-refractivity contribution in [3.05, 3.63) is 98.1 Å². The first-order chi connectivity index (χ1) is 14.7. The van der Waals surface area contributed by atoms with Crippen LogP contribution in [0.5, 0.6) is 0 Å². The second-order valence-electron chi connectivity index (χ2n) is 8.56. The van der Waals surface area contributed by atoms with Crippen molar-refractivity contribution >= 4 is 10.8 Å². The lowest BCUT2D eigenvalue weighted by atomic mass is 9.86. The highest BCUT2D eigenvalue weighted by Gasteiger charge is 2.14. The van der Waals surface area contributed by atoms with Gasteiger partial charge in [0.1, 0.15) is 0 Å².